The maximum Gasteiger partial charge on any atom is 0.321 e. The summed E-state index contributed by atoms with van der Waals surface area (Å²) in [5, 5.41) is 10.7. The van der Waals surface area contributed by atoms with Gasteiger partial charge in [-0.2, -0.15) is 15.0 Å². The zero-order valence-corrected chi connectivity index (χ0v) is 18.3. The van der Waals surface area contributed by atoms with Crippen LogP contribution in [0.4, 0.5) is 17.5 Å². The first kappa shape index (κ1) is 20.7. The lowest BCUT2D eigenvalue weighted by Gasteiger charge is -2.19. The van der Waals surface area contributed by atoms with Gasteiger partial charge in [0.15, 0.2) is 5.82 Å². The normalized spacial score (nSPS) is 12.8. The van der Waals surface area contributed by atoms with Crippen molar-refractivity contribution in [2.45, 2.75) is 32.6 Å². The molecule has 33 heavy (non-hydrogen) atoms. The summed E-state index contributed by atoms with van der Waals surface area (Å²) in [5.74, 6) is 2.41. The number of anilines is 3. The SMILES string of the molecule is CCOc1nc(N)cc(Oc2ccc(-c3nc(Nc4cccc5c4CCCC5)n[nH]3)cc2)n1. The molecular formula is C24H25N7O2. The number of H-pyrrole nitrogens is 1. The fourth-order valence-electron chi connectivity index (χ4n) is 3.93. The van der Waals surface area contributed by atoms with Gasteiger partial charge in [-0.15, -0.1) is 5.10 Å². The van der Waals surface area contributed by atoms with Gasteiger partial charge in [-0.3, -0.25) is 5.10 Å². The van der Waals surface area contributed by atoms with Gasteiger partial charge in [-0.25, -0.2) is 0 Å². The summed E-state index contributed by atoms with van der Waals surface area (Å²) in [5.41, 5.74) is 10.6. The third-order valence-corrected chi connectivity index (χ3v) is 5.45. The molecule has 0 saturated carbocycles. The van der Waals surface area contributed by atoms with Crippen molar-refractivity contribution in [2.75, 3.05) is 17.7 Å². The number of nitrogen functional groups attached to an aromatic ring is 1. The van der Waals surface area contributed by atoms with Crippen LogP contribution in [0.25, 0.3) is 11.4 Å². The molecule has 1 aliphatic rings. The third-order valence-electron chi connectivity index (χ3n) is 5.45. The second-order valence-electron chi connectivity index (χ2n) is 7.76. The number of aromatic amines is 1. The Labute approximate surface area is 191 Å². The van der Waals surface area contributed by atoms with Crippen molar-refractivity contribution in [1.29, 1.82) is 0 Å². The van der Waals surface area contributed by atoms with E-state index in [1.165, 1.54) is 24.0 Å². The molecule has 0 radical (unpaired) electrons. The number of aryl methyl sites for hydroxylation is 1. The number of hydrogen-bond donors (Lipinski definition) is 3. The number of ether oxygens (including phenoxy) is 2. The van der Waals surface area contributed by atoms with Crippen LogP contribution in [0.5, 0.6) is 17.6 Å². The van der Waals surface area contributed by atoms with Crippen molar-refractivity contribution in [2.24, 2.45) is 0 Å². The molecule has 0 fully saturated rings. The number of nitrogens with zero attached hydrogens (tertiary/aromatic N) is 4. The van der Waals surface area contributed by atoms with E-state index in [0.29, 0.717) is 30.0 Å². The van der Waals surface area contributed by atoms with Crippen molar-refractivity contribution in [3.63, 3.8) is 0 Å². The lowest BCUT2D eigenvalue weighted by Crippen LogP contribution is -2.06. The molecule has 0 bridgehead atoms. The highest BCUT2D eigenvalue weighted by molar-refractivity contribution is 5.64. The molecule has 5 rings (SSSR count). The molecule has 2 heterocycles. The minimum absolute atomic E-state index is 0.186. The van der Waals surface area contributed by atoms with E-state index < -0.39 is 0 Å². The molecule has 2 aromatic carbocycles. The first-order chi connectivity index (χ1) is 16.2. The number of fused-ring (bicyclic) bond motifs is 1. The molecule has 0 aliphatic heterocycles. The highest BCUT2D eigenvalue weighted by atomic mass is 16.5. The zero-order valence-electron chi connectivity index (χ0n) is 18.3. The van der Waals surface area contributed by atoms with Crippen molar-refractivity contribution >= 4 is 17.5 Å². The second-order valence-corrected chi connectivity index (χ2v) is 7.76. The zero-order chi connectivity index (χ0) is 22.6. The first-order valence-corrected chi connectivity index (χ1v) is 11.0. The Morgan fingerprint density at radius 3 is 2.73 bits per heavy atom. The maximum absolute atomic E-state index is 5.80. The molecule has 9 nitrogen and oxygen atoms in total. The molecule has 0 amide bonds. The van der Waals surface area contributed by atoms with Crippen LogP contribution < -0.4 is 20.5 Å². The average Bonchev–Trinajstić information content (AvgIpc) is 3.28. The molecule has 4 aromatic rings. The molecule has 0 spiro atoms. The molecule has 9 heteroatoms. The van der Waals surface area contributed by atoms with Crippen LogP contribution >= 0.6 is 0 Å². The van der Waals surface area contributed by atoms with Crippen molar-refractivity contribution in [3.05, 3.63) is 59.7 Å². The lowest BCUT2D eigenvalue weighted by atomic mass is 9.90. The van der Waals surface area contributed by atoms with Crippen LogP contribution in [0.3, 0.4) is 0 Å². The van der Waals surface area contributed by atoms with E-state index in [4.69, 9.17) is 15.2 Å². The molecule has 0 unspecified atom stereocenters. The minimum atomic E-state index is 0.186. The Bertz CT molecular complexity index is 1250. The van der Waals surface area contributed by atoms with Gasteiger partial charge in [-0.1, -0.05) is 12.1 Å². The van der Waals surface area contributed by atoms with Crippen molar-refractivity contribution in [1.82, 2.24) is 25.1 Å². The third kappa shape index (κ3) is 4.72. The number of rotatable bonds is 7. The van der Waals surface area contributed by atoms with Gasteiger partial charge < -0.3 is 20.5 Å². The predicted molar refractivity (Wildman–Crippen MR) is 126 cm³/mol. The Morgan fingerprint density at radius 2 is 1.88 bits per heavy atom. The smallest absolute Gasteiger partial charge is 0.321 e. The fourth-order valence-corrected chi connectivity index (χ4v) is 3.93. The van der Waals surface area contributed by atoms with Gasteiger partial charge in [-0.05, 0) is 74.1 Å². The number of nitrogens with two attached hydrogens (primary N) is 1. The Hall–Kier alpha value is -4.14. The summed E-state index contributed by atoms with van der Waals surface area (Å²) in [6.07, 6.45) is 4.68. The number of benzene rings is 2. The molecular weight excluding hydrogens is 418 g/mol. The van der Waals surface area contributed by atoms with Gasteiger partial charge in [0.2, 0.25) is 11.8 Å². The van der Waals surface area contributed by atoms with Crippen LogP contribution in [0.15, 0.2) is 48.5 Å². The quantitative estimate of drug-likeness (QED) is 0.377. The Morgan fingerprint density at radius 1 is 1.03 bits per heavy atom. The van der Waals surface area contributed by atoms with Gasteiger partial charge in [0.1, 0.15) is 11.6 Å². The summed E-state index contributed by atoms with van der Waals surface area (Å²) in [6, 6.07) is 15.6. The van der Waals surface area contributed by atoms with E-state index in [1.54, 1.807) is 6.07 Å². The van der Waals surface area contributed by atoms with E-state index >= 15 is 0 Å². The number of hydrogen-bond acceptors (Lipinski definition) is 8. The predicted octanol–water partition coefficient (Wildman–Crippen LogP) is 4.66. The summed E-state index contributed by atoms with van der Waals surface area (Å²) in [4.78, 5) is 12.8. The van der Waals surface area contributed by atoms with E-state index in [0.717, 1.165) is 24.1 Å². The van der Waals surface area contributed by atoms with E-state index in [-0.39, 0.29) is 11.8 Å². The fraction of sp³-hybridized carbons (Fsp3) is 0.250. The van der Waals surface area contributed by atoms with Crippen molar-refractivity contribution in [3.8, 4) is 29.0 Å². The highest BCUT2D eigenvalue weighted by Crippen LogP contribution is 2.30. The van der Waals surface area contributed by atoms with Crippen LogP contribution in [0.1, 0.15) is 30.9 Å². The Kier molecular flexibility index (Phi) is 5.75. The Balaban J connectivity index is 1.29. The van der Waals surface area contributed by atoms with E-state index in [2.05, 4.69) is 48.7 Å². The largest absolute Gasteiger partial charge is 0.464 e. The molecule has 4 N–H and O–H groups in total. The lowest BCUT2D eigenvalue weighted by molar-refractivity contribution is 0.307. The van der Waals surface area contributed by atoms with Crippen LogP contribution in [0, 0.1) is 0 Å². The maximum atomic E-state index is 5.80. The van der Waals surface area contributed by atoms with Gasteiger partial charge in [0.05, 0.1) is 6.61 Å². The number of aromatic nitrogens is 5. The van der Waals surface area contributed by atoms with Gasteiger partial charge >= 0.3 is 6.01 Å². The molecule has 0 saturated heterocycles. The van der Waals surface area contributed by atoms with Crippen molar-refractivity contribution < 1.29 is 9.47 Å². The van der Waals surface area contributed by atoms with Gasteiger partial charge in [0.25, 0.3) is 0 Å². The summed E-state index contributed by atoms with van der Waals surface area (Å²) in [6.45, 7) is 2.29. The second kappa shape index (κ2) is 9.15. The molecule has 168 valence electrons. The molecule has 0 atom stereocenters. The molecule has 2 aromatic heterocycles. The summed E-state index contributed by atoms with van der Waals surface area (Å²) < 4.78 is 11.1. The summed E-state index contributed by atoms with van der Waals surface area (Å²) >= 11 is 0. The van der Waals surface area contributed by atoms with Crippen LogP contribution in [0.2, 0.25) is 0 Å². The van der Waals surface area contributed by atoms with Crippen LogP contribution in [-0.4, -0.2) is 31.8 Å². The van der Waals surface area contributed by atoms with Gasteiger partial charge in [0, 0.05) is 17.3 Å². The van der Waals surface area contributed by atoms with Crippen LogP contribution in [-0.2, 0) is 12.8 Å². The standard InChI is InChI=1S/C24H25N7O2/c1-2-32-24-27-20(25)14-21(28-24)33-17-12-10-16(11-13-17)22-29-23(31-30-22)26-19-9-5-7-15-6-3-4-8-18(15)19/h5,7,9-14H,2-4,6,8H2,1H3,(H2,25,27,28)(H2,26,29,30,31). The minimum Gasteiger partial charge on any atom is -0.464 e. The topological polar surface area (TPSA) is 124 Å². The average molecular weight is 444 g/mol. The first-order valence-electron chi connectivity index (χ1n) is 11.0. The van der Waals surface area contributed by atoms with E-state index in [9.17, 15) is 0 Å². The highest BCUT2D eigenvalue weighted by Gasteiger charge is 2.14. The molecule has 1 aliphatic carbocycles. The monoisotopic (exact) mass is 443 g/mol. The van der Waals surface area contributed by atoms with E-state index in [1.807, 2.05) is 31.2 Å². The number of nitrogens with one attached hydrogen (secondary N) is 2. The summed E-state index contributed by atoms with van der Waals surface area (Å²) in [7, 11) is 0.